The average molecular weight is 346 g/mol. The fourth-order valence-corrected chi connectivity index (χ4v) is 2.12. The largest absolute Gasteiger partial charge is 0.482 e. The lowest BCUT2D eigenvalue weighted by molar-refractivity contribution is -0.149. The molecule has 0 aliphatic carbocycles. The molecule has 0 aromatic heterocycles. The third kappa shape index (κ3) is 5.70. The van der Waals surface area contributed by atoms with E-state index in [1.807, 2.05) is 37.3 Å². The van der Waals surface area contributed by atoms with Gasteiger partial charge in [-0.05, 0) is 68.3 Å². The first-order valence-electron chi connectivity index (χ1n) is 7.66. The van der Waals surface area contributed by atoms with Crippen molar-refractivity contribution in [1.29, 1.82) is 0 Å². The van der Waals surface area contributed by atoms with Gasteiger partial charge in [0.1, 0.15) is 5.75 Å². The van der Waals surface area contributed by atoms with Crippen LogP contribution in [0.2, 0.25) is 5.02 Å². The molecule has 0 amide bonds. The summed E-state index contributed by atoms with van der Waals surface area (Å²) in [5.41, 5.74) is 2.81. The minimum absolute atomic E-state index is 0.104. The fourth-order valence-electron chi connectivity index (χ4n) is 1.96. The average Bonchev–Trinajstić information content (AvgIpc) is 2.54. The predicted octanol–water partition coefficient (Wildman–Crippen LogP) is 4.73. The van der Waals surface area contributed by atoms with Crippen molar-refractivity contribution in [2.75, 3.05) is 6.61 Å². The lowest BCUT2D eigenvalue weighted by Crippen LogP contribution is -2.18. The number of carbonyl (C=O) groups is 1. The van der Waals surface area contributed by atoms with Crippen LogP contribution in [-0.2, 0) is 9.53 Å². The van der Waals surface area contributed by atoms with Gasteiger partial charge in [0.2, 0.25) is 0 Å². The van der Waals surface area contributed by atoms with E-state index in [0.29, 0.717) is 10.8 Å². The van der Waals surface area contributed by atoms with Crippen LogP contribution in [0.5, 0.6) is 5.75 Å². The van der Waals surface area contributed by atoms with Gasteiger partial charge in [0.25, 0.3) is 0 Å². The van der Waals surface area contributed by atoms with Gasteiger partial charge < -0.3 is 9.47 Å². The number of hydrogen-bond donors (Lipinski definition) is 0. The van der Waals surface area contributed by atoms with Gasteiger partial charge in [-0.25, -0.2) is 4.79 Å². The van der Waals surface area contributed by atoms with Crippen LogP contribution in [-0.4, -0.2) is 24.9 Å². The molecule has 0 atom stereocenters. The standard InChI is InChI=1S/C19H20ClNO3/c1-13(2)24-19(22)12-23-17-8-5-15(6-9-17)11-21-18-10-16(20)7-4-14(18)3/h4-11,13H,12H2,1-3H3. The van der Waals surface area contributed by atoms with Gasteiger partial charge in [-0.3, -0.25) is 4.99 Å². The van der Waals surface area contributed by atoms with Crippen LogP contribution in [0.15, 0.2) is 47.5 Å². The Balaban J connectivity index is 1.95. The van der Waals surface area contributed by atoms with Gasteiger partial charge in [-0.1, -0.05) is 17.7 Å². The van der Waals surface area contributed by atoms with Crippen molar-refractivity contribution in [1.82, 2.24) is 0 Å². The molecule has 0 saturated carbocycles. The summed E-state index contributed by atoms with van der Waals surface area (Å²) < 4.78 is 10.4. The van der Waals surface area contributed by atoms with Crippen LogP contribution < -0.4 is 4.74 Å². The second-order valence-corrected chi connectivity index (χ2v) is 6.02. The zero-order chi connectivity index (χ0) is 17.5. The van der Waals surface area contributed by atoms with E-state index in [1.54, 1.807) is 32.2 Å². The number of halogens is 1. The Labute approximate surface area is 147 Å². The van der Waals surface area contributed by atoms with E-state index in [-0.39, 0.29) is 18.7 Å². The highest BCUT2D eigenvalue weighted by Gasteiger charge is 2.06. The maximum Gasteiger partial charge on any atom is 0.344 e. The number of nitrogens with zero attached hydrogens (tertiary/aromatic N) is 1. The normalized spacial score (nSPS) is 11.0. The van der Waals surface area contributed by atoms with Crippen molar-refractivity contribution in [2.24, 2.45) is 4.99 Å². The molecule has 0 N–H and O–H groups in total. The third-order valence-corrected chi connectivity index (χ3v) is 3.36. The summed E-state index contributed by atoms with van der Waals surface area (Å²) in [7, 11) is 0. The highest BCUT2D eigenvalue weighted by atomic mass is 35.5. The molecule has 0 fully saturated rings. The van der Waals surface area contributed by atoms with Gasteiger partial charge in [0.05, 0.1) is 11.8 Å². The van der Waals surface area contributed by atoms with Gasteiger partial charge in [0, 0.05) is 11.2 Å². The molecule has 4 nitrogen and oxygen atoms in total. The number of aryl methyl sites for hydroxylation is 1. The molecule has 0 radical (unpaired) electrons. The summed E-state index contributed by atoms with van der Waals surface area (Å²) in [6, 6.07) is 12.9. The molecule has 0 bridgehead atoms. The first-order valence-corrected chi connectivity index (χ1v) is 8.04. The zero-order valence-electron chi connectivity index (χ0n) is 14.0. The lowest BCUT2D eigenvalue weighted by atomic mass is 10.2. The third-order valence-electron chi connectivity index (χ3n) is 3.13. The first kappa shape index (κ1) is 18.0. The Morgan fingerprint density at radius 3 is 2.58 bits per heavy atom. The van der Waals surface area contributed by atoms with Crippen molar-refractivity contribution in [3.63, 3.8) is 0 Å². The molecular formula is C19H20ClNO3. The summed E-state index contributed by atoms with van der Waals surface area (Å²) in [4.78, 5) is 15.9. The van der Waals surface area contributed by atoms with Gasteiger partial charge in [-0.2, -0.15) is 0 Å². The van der Waals surface area contributed by atoms with Crippen molar-refractivity contribution >= 4 is 29.5 Å². The Kier molecular flexibility index (Phi) is 6.38. The number of rotatable bonds is 6. The summed E-state index contributed by atoms with van der Waals surface area (Å²) in [5, 5.41) is 0.657. The molecule has 0 aliphatic heterocycles. The second kappa shape index (κ2) is 8.50. The fraction of sp³-hybridized carbons (Fsp3) is 0.263. The van der Waals surface area contributed by atoms with Crippen LogP contribution in [0.4, 0.5) is 5.69 Å². The number of benzene rings is 2. The summed E-state index contributed by atoms with van der Waals surface area (Å²) >= 11 is 5.98. The minimum Gasteiger partial charge on any atom is -0.482 e. The van der Waals surface area contributed by atoms with Crippen LogP contribution in [0.25, 0.3) is 0 Å². The molecule has 126 valence electrons. The van der Waals surface area contributed by atoms with E-state index < -0.39 is 0 Å². The van der Waals surface area contributed by atoms with Crippen LogP contribution >= 0.6 is 11.6 Å². The molecule has 0 unspecified atom stereocenters. The molecule has 0 saturated heterocycles. The highest BCUT2D eigenvalue weighted by molar-refractivity contribution is 6.30. The second-order valence-electron chi connectivity index (χ2n) is 5.59. The van der Waals surface area contributed by atoms with Crippen molar-refractivity contribution in [3.05, 3.63) is 58.6 Å². The SMILES string of the molecule is Cc1ccc(Cl)cc1N=Cc1ccc(OCC(=O)OC(C)C)cc1. The number of aliphatic imine (C=N–C) groups is 1. The summed E-state index contributed by atoms with van der Waals surface area (Å²) in [6.45, 7) is 5.48. The van der Waals surface area contributed by atoms with Gasteiger partial charge >= 0.3 is 5.97 Å². The van der Waals surface area contributed by atoms with E-state index >= 15 is 0 Å². The van der Waals surface area contributed by atoms with E-state index in [1.165, 1.54) is 0 Å². The maximum absolute atomic E-state index is 11.4. The van der Waals surface area contributed by atoms with E-state index in [4.69, 9.17) is 21.1 Å². The molecule has 0 aliphatic rings. The van der Waals surface area contributed by atoms with E-state index in [9.17, 15) is 4.79 Å². The van der Waals surface area contributed by atoms with Crippen molar-refractivity contribution in [2.45, 2.75) is 26.9 Å². The van der Waals surface area contributed by atoms with Gasteiger partial charge in [0.15, 0.2) is 6.61 Å². The predicted molar refractivity (Wildman–Crippen MR) is 96.6 cm³/mol. The van der Waals surface area contributed by atoms with E-state index in [2.05, 4.69) is 4.99 Å². The smallest absolute Gasteiger partial charge is 0.344 e. The maximum atomic E-state index is 11.4. The molecule has 5 heteroatoms. The topological polar surface area (TPSA) is 47.9 Å². The van der Waals surface area contributed by atoms with Gasteiger partial charge in [-0.15, -0.1) is 0 Å². The summed E-state index contributed by atoms with van der Waals surface area (Å²) in [5.74, 6) is 0.221. The van der Waals surface area contributed by atoms with Crippen molar-refractivity contribution < 1.29 is 14.3 Å². The molecular weight excluding hydrogens is 326 g/mol. The molecule has 0 spiro atoms. The molecule has 0 heterocycles. The molecule has 2 rings (SSSR count). The first-order chi connectivity index (χ1) is 11.4. The minimum atomic E-state index is -0.382. The number of hydrogen-bond acceptors (Lipinski definition) is 4. The Bertz CT molecular complexity index is 724. The van der Waals surface area contributed by atoms with E-state index in [0.717, 1.165) is 16.8 Å². The number of carbonyl (C=O) groups excluding carboxylic acids is 1. The Morgan fingerprint density at radius 1 is 1.21 bits per heavy atom. The summed E-state index contributed by atoms with van der Waals surface area (Å²) in [6.07, 6.45) is 1.62. The lowest BCUT2D eigenvalue weighted by Gasteiger charge is -2.09. The highest BCUT2D eigenvalue weighted by Crippen LogP contribution is 2.23. The molecule has 2 aromatic rings. The molecule has 2 aromatic carbocycles. The monoisotopic (exact) mass is 345 g/mol. The van der Waals surface area contributed by atoms with Crippen LogP contribution in [0, 0.1) is 6.92 Å². The number of ether oxygens (including phenoxy) is 2. The Hall–Kier alpha value is -2.33. The molecule has 24 heavy (non-hydrogen) atoms. The number of esters is 1. The van der Waals surface area contributed by atoms with Crippen molar-refractivity contribution in [3.8, 4) is 5.75 Å². The quantitative estimate of drug-likeness (QED) is 0.561. The van der Waals surface area contributed by atoms with Crippen LogP contribution in [0.1, 0.15) is 25.0 Å². The Morgan fingerprint density at radius 2 is 1.92 bits per heavy atom. The van der Waals surface area contributed by atoms with Crippen LogP contribution in [0.3, 0.4) is 0 Å². The zero-order valence-corrected chi connectivity index (χ0v) is 14.7.